The predicted molar refractivity (Wildman–Crippen MR) is 78.8 cm³/mol. The van der Waals surface area contributed by atoms with Crippen molar-refractivity contribution in [3.8, 4) is 0 Å². The van der Waals surface area contributed by atoms with Gasteiger partial charge in [0.2, 0.25) is 0 Å². The number of hydrogen-bond donors (Lipinski definition) is 1. The standard InChI is InChI=1S/C14H21N3O2S/c1-3-15-10-13-4-5-14(16-11-13)20(18,19)17-8-6-12(2)7-9-17/h4-6,11,15H,3,7-10H2,1-2H3. The zero-order valence-corrected chi connectivity index (χ0v) is 12.8. The van der Waals surface area contributed by atoms with Crippen molar-refractivity contribution in [3.05, 3.63) is 35.5 Å². The number of hydrogen-bond acceptors (Lipinski definition) is 4. The molecule has 110 valence electrons. The van der Waals surface area contributed by atoms with Gasteiger partial charge >= 0.3 is 0 Å². The molecule has 0 radical (unpaired) electrons. The van der Waals surface area contributed by atoms with Crippen molar-refractivity contribution in [2.75, 3.05) is 19.6 Å². The Bertz CT molecular complexity index is 579. The molecule has 0 amide bonds. The summed E-state index contributed by atoms with van der Waals surface area (Å²) in [5, 5.41) is 3.31. The van der Waals surface area contributed by atoms with Crippen LogP contribution in [0.5, 0.6) is 0 Å². The molecule has 5 nitrogen and oxygen atoms in total. The van der Waals surface area contributed by atoms with Gasteiger partial charge in [0.1, 0.15) is 0 Å². The van der Waals surface area contributed by atoms with Crippen molar-refractivity contribution < 1.29 is 8.42 Å². The summed E-state index contributed by atoms with van der Waals surface area (Å²) in [7, 11) is -3.47. The molecule has 2 heterocycles. The first-order valence-corrected chi connectivity index (χ1v) is 8.29. The van der Waals surface area contributed by atoms with Crippen LogP contribution < -0.4 is 5.32 Å². The SMILES string of the molecule is CCNCc1ccc(S(=O)(=O)N2CC=C(C)CC2)nc1. The molecule has 0 fully saturated rings. The molecular formula is C14H21N3O2S. The van der Waals surface area contributed by atoms with E-state index in [4.69, 9.17) is 0 Å². The van der Waals surface area contributed by atoms with Crippen LogP contribution >= 0.6 is 0 Å². The first-order chi connectivity index (χ1) is 9.54. The molecule has 1 aromatic heterocycles. The molecule has 1 aliphatic rings. The first kappa shape index (κ1) is 15.2. The number of rotatable bonds is 5. The third kappa shape index (κ3) is 3.45. The van der Waals surface area contributed by atoms with Crippen molar-refractivity contribution >= 4 is 10.0 Å². The predicted octanol–water partition coefficient (Wildman–Crippen LogP) is 1.53. The lowest BCUT2D eigenvalue weighted by molar-refractivity contribution is 0.429. The molecule has 2 rings (SSSR count). The number of nitrogens with one attached hydrogen (secondary N) is 1. The van der Waals surface area contributed by atoms with E-state index in [2.05, 4.69) is 10.3 Å². The van der Waals surface area contributed by atoms with Crippen LogP contribution in [0.2, 0.25) is 0 Å². The minimum atomic E-state index is -3.47. The van der Waals surface area contributed by atoms with Crippen molar-refractivity contribution in [3.63, 3.8) is 0 Å². The Morgan fingerprint density at radius 3 is 2.75 bits per heavy atom. The molecule has 1 aliphatic heterocycles. The second-order valence-electron chi connectivity index (χ2n) is 4.95. The third-order valence-corrected chi connectivity index (χ3v) is 5.16. The maximum Gasteiger partial charge on any atom is 0.260 e. The molecule has 1 N–H and O–H groups in total. The van der Waals surface area contributed by atoms with Crippen LogP contribution in [0.1, 0.15) is 25.8 Å². The van der Waals surface area contributed by atoms with E-state index >= 15 is 0 Å². The summed E-state index contributed by atoms with van der Waals surface area (Å²) in [5.41, 5.74) is 2.23. The molecular weight excluding hydrogens is 274 g/mol. The van der Waals surface area contributed by atoms with Gasteiger partial charge in [-0.15, -0.1) is 0 Å². The first-order valence-electron chi connectivity index (χ1n) is 6.85. The molecule has 20 heavy (non-hydrogen) atoms. The van der Waals surface area contributed by atoms with Crippen LogP contribution in [0.15, 0.2) is 35.0 Å². The maximum atomic E-state index is 12.4. The van der Waals surface area contributed by atoms with Crippen LogP contribution in [-0.2, 0) is 16.6 Å². The Morgan fingerprint density at radius 1 is 1.40 bits per heavy atom. The van der Waals surface area contributed by atoms with Gasteiger partial charge in [0.25, 0.3) is 10.0 Å². The summed E-state index contributed by atoms with van der Waals surface area (Å²) < 4.78 is 26.4. The van der Waals surface area contributed by atoms with Gasteiger partial charge in [-0.25, -0.2) is 13.4 Å². The van der Waals surface area contributed by atoms with Gasteiger partial charge in [-0.05, 0) is 31.5 Å². The molecule has 0 bridgehead atoms. The quantitative estimate of drug-likeness (QED) is 0.837. The number of pyridine rings is 1. The van der Waals surface area contributed by atoms with Crippen molar-refractivity contribution in [1.82, 2.24) is 14.6 Å². The fraction of sp³-hybridized carbons (Fsp3) is 0.500. The molecule has 0 aromatic carbocycles. The highest BCUT2D eigenvalue weighted by atomic mass is 32.2. The highest BCUT2D eigenvalue weighted by molar-refractivity contribution is 7.89. The van der Waals surface area contributed by atoms with E-state index < -0.39 is 10.0 Å². The smallest absolute Gasteiger partial charge is 0.260 e. The molecule has 6 heteroatoms. The van der Waals surface area contributed by atoms with E-state index in [1.807, 2.05) is 26.0 Å². The fourth-order valence-electron chi connectivity index (χ4n) is 2.04. The van der Waals surface area contributed by atoms with Gasteiger partial charge in [0, 0.05) is 25.8 Å². The summed E-state index contributed by atoms with van der Waals surface area (Å²) in [6.07, 6.45) is 4.37. The summed E-state index contributed by atoms with van der Waals surface area (Å²) in [5.74, 6) is 0. The van der Waals surface area contributed by atoms with Gasteiger partial charge < -0.3 is 5.32 Å². The van der Waals surface area contributed by atoms with Crippen LogP contribution in [0.3, 0.4) is 0 Å². The molecule has 0 saturated carbocycles. The van der Waals surface area contributed by atoms with E-state index in [9.17, 15) is 8.42 Å². The topological polar surface area (TPSA) is 62.3 Å². The average molecular weight is 295 g/mol. The van der Waals surface area contributed by atoms with Crippen molar-refractivity contribution in [2.45, 2.75) is 31.8 Å². The van der Waals surface area contributed by atoms with E-state index in [0.29, 0.717) is 19.6 Å². The van der Waals surface area contributed by atoms with E-state index in [0.717, 1.165) is 18.5 Å². The Kier molecular flexibility index (Phi) is 4.91. The summed E-state index contributed by atoms with van der Waals surface area (Å²) in [4.78, 5) is 4.11. The largest absolute Gasteiger partial charge is 0.313 e. The molecule has 0 saturated heterocycles. The van der Waals surface area contributed by atoms with Crippen LogP contribution in [0, 0.1) is 0 Å². The Morgan fingerprint density at radius 2 is 2.20 bits per heavy atom. The van der Waals surface area contributed by atoms with Crippen LogP contribution in [0.25, 0.3) is 0 Å². The second-order valence-corrected chi connectivity index (χ2v) is 6.83. The summed E-state index contributed by atoms with van der Waals surface area (Å²) in [6.45, 7) is 6.60. The van der Waals surface area contributed by atoms with Gasteiger partial charge in [-0.3, -0.25) is 0 Å². The van der Waals surface area contributed by atoms with E-state index in [1.54, 1.807) is 12.3 Å². The highest BCUT2D eigenvalue weighted by Gasteiger charge is 2.26. The molecule has 0 spiro atoms. The fourth-order valence-corrected chi connectivity index (χ4v) is 3.33. The Hall–Kier alpha value is -1.24. The lowest BCUT2D eigenvalue weighted by Gasteiger charge is -2.24. The highest BCUT2D eigenvalue weighted by Crippen LogP contribution is 2.18. The van der Waals surface area contributed by atoms with Crippen molar-refractivity contribution in [2.24, 2.45) is 0 Å². The lowest BCUT2D eigenvalue weighted by atomic mass is 10.1. The van der Waals surface area contributed by atoms with E-state index in [1.165, 1.54) is 9.88 Å². The van der Waals surface area contributed by atoms with E-state index in [-0.39, 0.29) is 5.03 Å². The molecule has 1 aromatic rings. The normalized spacial score (nSPS) is 17.0. The third-order valence-electron chi connectivity index (χ3n) is 3.38. The minimum Gasteiger partial charge on any atom is -0.313 e. The zero-order chi connectivity index (χ0) is 14.6. The maximum absolute atomic E-state index is 12.4. The number of sulfonamides is 1. The van der Waals surface area contributed by atoms with Gasteiger partial charge in [-0.1, -0.05) is 24.6 Å². The summed E-state index contributed by atoms with van der Waals surface area (Å²) in [6, 6.07) is 3.40. The Balaban J connectivity index is 2.13. The summed E-state index contributed by atoms with van der Waals surface area (Å²) >= 11 is 0. The van der Waals surface area contributed by atoms with Gasteiger partial charge in [-0.2, -0.15) is 4.31 Å². The molecule has 0 atom stereocenters. The van der Waals surface area contributed by atoms with Crippen LogP contribution in [0.4, 0.5) is 0 Å². The average Bonchev–Trinajstić information content (AvgIpc) is 2.46. The van der Waals surface area contributed by atoms with Crippen LogP contribution in [-0.4, -0.2) is 37.3 Å². The minimum absolute atomic E-state index is 0.130. The monoisotopic (exact) mass is 295 g/mol. The molecule has 0 unspecified atom stereocenters. The van der Waals surface area contributed by atoms with Crippen molar-refractivity contribution in [1.29, 1.82) is 0 Å². The second kappa shape index (κ2) is 6.47. The molecule has 0 aliphatic carbocycles. The number of aromatic nitrogens is 1. The van der Waals surface area contributed by atoms with Gasteiger partial charge in [0.05, 0.1) is 0 Å². The number of nitrogens with zero attached hydrogens (tertiary/aromatic N) is 2. The Labute approximate surface area is 120 Å². The zero-order valence-electron chi connectivity index (χ0n) is 12.0. The van der Waals surface area contributed by atoms with Gasteiger partial charge in [0.15, 0.2) is 5.03 Å². The lowest BCUT2D eigenvalue weighted by Crippen LogP contribution is -2.35.